The number of rotatable bonds is 2. The fraction of sp³-hybridized carbons (Fsp3) is 0.167. The molecule has 2 aromatic rings. The van der Waals surface area contributed by atoms with Crippen molar-refractivity contribution in [2.45, 2.75) is 0 Å². The van der Waals surface area contributed by atoms with Crippen molar-refractivity contribution in [1.82, 2.24) is 18.5 Å². The van der Waals surface area contributed by atoms with Gasteiger partial charge in [0.15, 0.2) is 5.75 Å². The second kappa shape index (κ2) is 3.31. The van der Waals surface area contributed by atoms with Crippen molar-refractivity contribution < 1.29 is 4.74 Å². The van der Waals surface area contributed by atoms with Gasteiger partial charge in [0.25, 0.3) is 5.88 Å². The minimum Gasteiger partial charge on any atom is -0.432 e. The van der Waals surface area contributed by atoms with Gasteiger partial charge in [-0.1, -0.05) is 11.6 Å². The van der Waals surface area contributed by atoms with E-state index in [2.05, 4.69) is 13.8 Å². The topological polar surface area (TPSA) is 52.8 Å². The minimum absolute atomic E-state index is 0.272. The molecule has 0 bridgehead atoms. The summed E-state index contributed by atoms with van der Waals surface area (Å²) in [6.45, 7) is 0. The van der Waals surface area contributed by atoms with Crippen LogP contribution < -0.4 is 4.74 Å². The van der Waals surface area contributed by atoms with E-state index in [-0.39, 0.29) is 5.15 Å². The van der Waals surface area contributed by atoms with E-state index in [1.807, 2.05) is 0 Å². The lowest BCUT2D eigenvalue weighted by Crippen LogP contribution is -1.85. The van der Waals surface area contributed by atoms with E-state index in [0.717, 1.165) is 11.7 Å². The van der Waals surface area contributed by atoms with E-state index >= 15 is 0 Å². The van der Waals surface area contributed by atoms with Gasteiger partial charge in [-0.05, 0) is 0 Å². The van der Waals surface area contributed by atoms with Crippen molar-refractivity contribution in [3.05, 3.63) is 17.5 Å². The maximum atomic E-state index is 5.68. The third-order valence-corrected chi connectivity index (χ3v) is 2.17. The number of halogens is 1. The van der Waals surface area contributed by atoms with Crippen LogP contribution in [0.4, 0.5) is 0 Å². The van der Waals surface area contributed by atoms with Gasteiger partial charge in [-0.15, -0.1) is 4.37 Å². The Bertz CT molecular complexity index is 412. The lowest BCUT2D eigenvalue weighted by Gasteiger charge is -1.95. The molecule has 0 aliphatic rings. The molecule has 2 aromatic heterocycles. The third-order valence-electron chi connectivity index (χ3n) is 1.32. The Hall–Kier alpha value is -1.14. The first-order chi connectivity index (χ1) is 6.25. The molecule has 0 N–H and O–H groups in total. The molecule has 0 fully saturated rings. The molecule has 0 aliphatic carbocycles. The largest absolute Gasteiger partial charge is 0.432 e. The van der Waals surface area contributed by atoms with E-state index in [1.165, 1.54) is 0 Å². The fourth-order valence-corrected chi connectivity index (χ4v) is 1.41. The second-order valence-electron chi connectivity index (χ2n) is 2.31. The van der Waals surface area contributed by atoms with Gasteiger partial charge in [0.2, 0.25) is 5.15 Å². The molecule has 0 saturated heterocycles. The first-order valence-corrected chi connectivity index (χ1v) is 4.51. The standard InChI is InChI=1S/C6H5ClN4OS/c1-11-3-4(2-8-11)12-6-5(7)9-13-10-6/h2-3H,1H3. The summed E-state index contributed by atoms with van der Waals surface area (Å²) in [7, 11) is 1.80. The number of hydrogen-bond acceptors (Lipinski definition) is 5. The van der Waals surface area contributed by atoms with Crippen molar-refractivity contribution in [2.24, 2.45) is 7.05 Å². The highest BCUT2D eigenvalue weighted by molar-refractivity contribution is 6.99. The highest BCUT2D eigenvalue weighted by atomic mass is 35.5. The molecule has 0 aliphatic heterocycles. The molecule has 13 heavy (non-hydrogen) atoms. The first-order valence-electron chi connectivity index (χ1n) is 3.40. The number of aryl methyl sites for hydroxylation is 1. The van der Waals surface area contributed by atoms with Crippen LogP contribution in [0.5, 0.6) is 11.6 Å². The Morgan fingerprint density at radius 2 is 2.38 bits per heavy atom. The Morgan fingerprint density at radius 1 is 1.54 bits per heavy atom. The van der Waals surface area contributed by atoms with Gasteiger partial charge in [0.1, 0.15) is 0 Å². The van der Waals surface area contributed by atoms with E-state index in [4.69, 9.17) is 16.3 Å². The summed E-state index contributed by atoms with van der Waals surface area (Å²) < 4.78 is 14.5. The summed E-state index contributed by atoms with van der Waals surface area (Å²) in [5, 5.41) is 4.20. The number of aromatic nitrogens is 4. The Morgan fingerprint density at radius 3 is 2.92 bits per heavy atom. The molecule has 0 amide bonds. The fourth-order valence-electron chi connectivity index (χ4n) is 0.794. The van der Waals surface area contributed by atoms with Crippen molar-refractivity contribution >= 4 is 23.3 Å². The van der Waals surface area contributed by atoms with Crippen LogP contribution in [0.25, 0.3) is 0 Å². The Balaban J connectivity index is 2.19. The second-order valence-corrected chi connectivity index (χ2v) is 3.20. The summed E-state index contributed by atoms with van der Waals surface area (Å²) >= 11 is 6.69. The zero-order valence-corrected chi connectivity index (χ0v) is 8.21. The van der Waals surface area contributed by atoms with Crippen molar-refractivity contribution in [2.75, 3.05) is 0 Å². The zero-order valence-electron chi connectivity index (χ0n) is 6.64. The maximum Gasteiger partial charge on any atom is 0.271 e. The molecule has 0 unspecified atom stereocenters. The van der Waals surface area contributed by atoms with Gasteiger partial charge in [0.05, 0.1) is 24.1 Å². The number of hydrogen-bond donors (Lipinski definition) is 0. The highest BCUT2D eigenvalue weighted by Gasteiger charge is 2.08. The molecule has 68 valence electrons. The van der Waals surface area contributed by atoms with Gasteiger partial charge < -0.3 is 4.74 Å². The zero-order chi connectivity index (χ0) is 9.26. The maximum absolute atomic E-state index is 5.68. The van der Waals surface area contributed by atoms with Crippen LogP contribution in [0.2, 0.25) is 5.15 Å². The molecule has 2 heterocycles. The molecule has 5 nitrogen and oxygen atoms in total. The van der Waals surface area contributed by atoms with Crippen molar-refractivity contribution in [3.63, 3.8) is 0 Å². The van der Waals surface area contributed by atoms with Crippen LogP contribution in [0.1, 0.15) is 0 Å². The van der Waals surface area contributed by atoms with Gasteiger partial charge >= 0.3 is 0 Å². The van der Waals surface area contributed by atoms with E-state index in [9.17, 15) is 0 Å². The van der Waals surface area contributed by atoms with Crippen LogP contribution in [-0.2, 0) is 7.05 Å². The molecule has 7 heteroatoms. The molecule has 0 atom stereocenters. The molecular weight excluding hydrogens is 212 g/mol. The van der Waals surface area contributed by atoms with E-state index < -0.39 is 0 Å². The van der Waals surface area contributed by atoms with Gasteiger partial charge in [0, 0.05) is 7.05 Å². The number of ether oxygens (including phenoxy) is 1. The lowest BCUT2D eigenvalue weighted by molar-refractivity contribution is 0.467. The van der Waals surface area contributed by atoms with Crippen LogP contribution in [0, 0.1) is 0 Å². The molecule has 0 spiro atoms. The van der Waals surface area contributed by atoms with E-state index in [1.54, 1.807) is 24.1 Å². The highest BCUT2D eigenvalue weighted by Crippen LogP contribution is 2.25. The first kappa shape index (κ1) is 8.46. The van der Waals surface area contributed by atoms with Crippen LogP contribution >= 0.6 is 23.3 Å². The summed E-state index contributed by atoms with van der Waals surface area (Å²) in [6.07, 6.45) is 3.30. The van der Waals surface area contributed by atoms with Crippen LogP contribution in [0.3, 0.4) is 0 Å². The third kappa shape index (κ3) is 1.78. The summed E-state index contributed by atoms with van der Waals surface area (Å²) in [6, 6.07) is 0. The van der Waals surface area contributed by atoms with Gasteiger partial charge in [-0.25, -0.2) is 0 Å². The van der Waals surface area contributed by atoms with Gasteiger partial charge in [-0.2, -0.15) is 9.47 Å². The average Bonchev–Trinajstić information content (AvgIpc) is 2.64. The quantitative estimate of drug-likeness (QED) is 0.767. The summed E-state index contributed by atoms with van der Waals surface area (Å²) in [5.41, 5.74) is 0. The molecule has 0 radical (unpaired) electrons. The predicted octanol–water partition coefficient (Wildman–Crippen LogP) is 1.72. The Labute approximate surface area is 83.2 Å². The predicted molar refractivity (Wildman–Crippen MR) is 48.2 cm³/mol. The van der Waals surface area contributed by atoms with E-state index in [0.29, 0.717) is 11.6 Å². The number of nitrogens with zero attached hydrogens (tertiary/aromatic N) is 4. The molecule has 2 rings (SSSR count). The van der Waals surface area contributed by atoms with Crippen LogP contribution in [-0.4, -0.2) is 18.5 Å². The lowest BCUT2D eigenvalue weighted by atomic mass is 10.6. The van der Waals surface area contributed by atoms with Crippen molar-refractivity contribution in [1.29, 1.82) is 0 Å². The summed E-state index contributed by atoms with van der Waals surface area (Å²) in [5.74, 6) is 0.914. The SMILES string of the molecule is Cn1cc(Oc2nsnc2Cl)cn1. The minimum atomic E-state index is 0.272. The van der Waals surface area contributed by atoms with Gasteiger partial charge in [-0.3, -0.25) is 4.68 Å². The normalized spacial score (nSPS) is 10.3. The van der Waals surface area contributed by atoms with Crippen molar-refractivity contribution in [3.8, 4) is 11.6 Å². The van der Waals surface area contributed by atoms with Crippen LogP contribution in [0.15, 0.2) is 12.4 Å². The summed E-state index contributed by atoms with van der Waals surface area (Å²) in [4.78, 5) is 0. The average molecular weight is 217 g/mol. The molecule has 0 saturated carbocycles. The molecule has 0 aromatic carbocycles. The smallest absolute Gasteiger partial charge is 0.271 e. The Kier molecular flexibility index (Phi) is 2.15. The molecular formula is C6H5ClN4OS. The monoisotopic (exact) mass is 216 g/mol.